The maximum Gasteiger partial charge on any atom is 0.230 e. The lowest BCUT2D eigenvalue weighted by Gasteiger charge is -2.27. The highest BCUT2D eigenvalue weighted by atomic mass is 16.2. The summed E-state index contributed by atoms with van der Waals surface area (Å²) in [5, 5.41) is 7.27. The molecule has 10 heteroatoms. The molecule has 1 aliphatic rings. The van der Waals surface area contributed by atoms with Gasteiger partial charge in [0.1, 0.15) is 0 Å². The second-order valence-corrected chi connectivity index (χ2v) is 12.5. The van der Waals surface area contributed by atoms with E-state index >= 15 is 0 Å². The van der Waals surface area contributed by atoms with E-state index in [4.69, 9.17) is 5.73 Å². The third-order valence-corrected chi connectivity index (χ3v) is 8.58. The van der Waals surface area contributed by atoms with Crippen LogP contribution in [-0.2, 0) is 25.6 Å². The van der Waals surface area contributed by atoms with Crippen LogP contribution in [0.1, 0.15) is 69.5 Å². The Bertz CT molecular complexity index is 2180. The van der Waals surface area contributed by atoms with Crippen LogP contribution >= 0.6 is 0 Å². The average molecular weight is 699 g/mol. The van der Waals surface area contributed by atoms with E-state index < -0.39 is 0 Å². The van der Waals surface area contributed by atoms with E-state index in [0.717, 1.165) is 56.4 Å². The predicted molar refractivity (Wildman–Crippen MR) is 207 cm³/mol. The number of H-pyrrole nitrogens is 2. The van der Waals surface area contributed by atoms with Gasteiger partial charge in [0.15, 0.2) is 5.78 Å². The van der Waals surface area contributed by atoms with Crippen molar-refractivity contribution in [3.05, 3.63) is 101 Å². The first-order chi connectivity index (χ1) is 24.6. The summed E-state index contributed by atoms with van der Waals surface area (Å²) in [6.07, 6.45) is 1.85. The molecule has 3 aromatic carbocycles. The minimum atomic E-state index is -0.365. The Morgan fingerprint density at radius 3 is 2.00 bits per heavy atom. The van der Waals surface area contributed by atoms with Gasteiger partial charge >= 0.3 is 0 Å². The quantitative estimate of drug-likeness (QED) is 0.113. The van der Waals surface area contributed by atoms with Crippen molar-refractivity contribution in [2.24, 2.45) is 0 Å². The fraction of sp³-hybridized carbons (Fsp3) is 0.286. The third-order valence-electron chi connectivity index (χ3n) is 8.58. The zero-order valence-electron chi connectivity index (χ0n) is 29.1. The molecule has 5 aromatic rings. The molecule has 6 N–H and O–H groups in total. The Morgan fingerprint density at radius 1 is 0.827 bits per heavy atom. The van der Waals surface area contributed by atoms with Crippen LogP contribution in [0.25, 0.3) is 21.8 Å². The molecule has 0 spiro atoms. The van der Waals surface area contributed by atoms with Gasteiger partial charge in [0.2, 0.25) is 17.7 Å². The Labute approximate surface area is 304 Å². The molecule has 0 saturated carbocycles. The molecule has 1 saturated heterocycles. The number of anilines is 1. The summed E-state index contributed by atoms with van der Waals surface area (Å²) >= 11 is 0. The van der Waals surface area contributed by atoms with Gasteiger partial charge in [-0.3, -0.25) is 19.2 Å². The van der Waals surface area contributed by atoms with Gasteiger partial charge in [-0.25, -0.2) is 0 Å². The van der Waals surface area contributed by atoms with Gasteiger partial charge in [-0.15, -0.1) is 0 Å². The van der Waals surface area contributed by atoms with E-state index in [2.05, 4.69) is 44.3 Å². The number of likely N-dealkylation sites (tertiary alicyclic amines) is 1. The molecule has 0 bridgehead atoms. The van der Waals surface area contributed by atoms with Gasteiger partial charge in [-0.2, -0.15) is 0 Å². The van der Waals surface area contributed by atoms with Gasteiger partial charge in [-0.1, -0.05) is 55.7 Å². The first kappa shape index (κ1) is 38.5. The fourth-order valence-corrected chi connectivity index (χ4v) is 6.01. The van der Waals surface area contributed by atoms with Gasteiger partial charge in [0.05, 0.1) is 36.4 Å². The van der Waals surface area contributed by atoms with Crippen molar-refractivity contribution in [2.75, 3.05) is 25.4 Å². The number of fused-ring (bicyclic) bond motifs is 2. The van der Waals surface area contributed by atoms with Crippen molar-refractivity contribution in [3.8, 4) is 23.7 Å². The summed E-state index contributed by atoms with van der Waals surface area (Å²) in [6, 6.07) is 24.8. The minimum Gasteiger partial charge on any atom is -0.399 e. The number of carbonyl (C=O) groups excluding carboxylic acids is 4. The number of rotatable bonds is 7. The molecule has 1 fully saturated rings. The number of nitrogens with zero attached hydrogens (tertiary/aromatic N) is 1. The van der Waals surface area contributed by atoms with E-state index in [9.17, 15) is 19.2 Å². The number of benzene rings is 3. The SMILES string of the molecule is C.CC(=O)NCC#Cc1cc2cc(CC(=O)[C@@H]3CCCN3C(=O)[C@H](C)c3ccccc3)ccc2[nH]1.CC(=O)NCC#Cc1cc2cc(N)ccc2[nH]1. The topological polar surface area (TPSA) is 153 Å². The monoisotopic (exact) mass is 698 g/mol. The number of nitrogens with one attached hydrogen (secondary N) is 4. The van der Waals surface area contributed by atoms with E-state index in [1.165, 1.54) is 13.8 Å². The minimum absolute atomic E-state index is 0. The van der Waals surface area contributed by atoms with E-state index in [1.54, 1.807) is 4.90 Å². The third kappa shape index (κ3) is 10.4. The summed E-state index contributed by atoms with van der Waals surface area (Å²) in [5.74, 6) is 11.4. The Hall–Kier alpha value is -6.26. The highest BCUT2D eigenvalue weighted by Crippen LogP contribution is 2.27. The number of ketones is 1. The standard InChI is InChI=1S/C28H29N3O3.C13H13N3O.CH4/c1-19(22-8-4-3-5-9-22)28(34)31-15-7-11-26(31)27(33)17-21-12-13-25-23(16-21)18-24(30-25)10-6-14-29-20(2)32;1-9(17)15-6-2-3-12-8-10-7-11(14)4-5-13(10)16-12;/h3-5,8-9,12-13,16,18-19,26,30H,7,11,14-15,17H2,1-2H3,(H,29,32);4-5,7-8,16H,6,14H2,1H3,(H,15,17);1H4/t19-,26+;;/m1../s1. The second-order valence-electron chi connectivity index (χ2n) is 12.5. The van der Waals surface area contributed by atoms with Crippen LogP contribution in [0.3, 0.4) is 0 Å². The molecule has 3 heterocycles. The van der Waals surface area contributed by atoms with E-state index in [-0.39, 0.29) is 42.9 Å². The Balaban J connectivity index is 0.000000283. The summed E-state index contributed by atoms with van der Waals surface area (Å²) in [7, 11) is 0. The lowest BCUT2D eigenvalue weighted by molar-refractivity contribution is -0.138. The van der Waals surface area contributed by atoms with Crippen LogP contribution in [0, 0.1) is 23.7 Å². The highest BCUT2D eigenvalue weighted by Gasteiger charge is 2.35. The van der Waals surface area contributed by atoms with Crippen molar-refractivity contribution in [3.63, 3.8) is 0 Å². The number of carbonyl (C=O) groups is 4. The van der Waals surface area contributed by atoms with Crippen molar-refractivity contribution in [1.29, 1.82) is 0 Å². The molecule has 52 heavy (non-hydrogen) atoms. The fourth-order valence-electron chi connectivity index (χ4n) is 6.01. The van der Waals surface area contributed by atoms with E-state index in [1.807, 2.05) is 85.8 Å². The summed E-state index contributed by atoms with van der Waals surface area (Å²) in [4.78, 5) is 56.1. The van der Waals surface area contributed by atoms with Crippen molar-refractivity contribution < 1.29 is 19.2 Å². The maximum atomic E-state index is 13.2. The van der Waals surface area contributed by atoms with Gasteiger partial charge in [-0.05, 0) is 85.2 Å². The van der Waals surface area contributed by atoms with Gasteiger partial charge in [0.25, 0.3) is 0 Å². The summed E-state index contributed by atoms with van der Waals surface area (Å²) < 4.78 is 0. The molecule has 0 radical (unpaired) electrons. The van der Waals surface area contributed by atoms with Crippen LogP contribution in [0.2, 0.25) is 0 Å². The number of hydrogen-bond acceptors (Lipinski definition) is 5. The number of hydrogen-bond donors (Lipinski definition) is 5. The van der Waals surface area contributed by atoms with Gasteiger partial charge < -0.3 is 31.2 Å². The number of aromatic nitrogens is 2. The molecule has 6 rings (SSSR count). The molecule has 0 aliphatic carbocycles. The predicted octanol–water partition coefficient (Wildman–Crippen LogP) is 5.44. The number of amides is 3. The average Bonchev–Trinajstić information content (AvgIpc) is 3.86. The van der Waals surface area contributed by atoms with Crippen molar-refractivity contribution in [1.82, 2.24) is 25.5 Å². The smallest absolute Gasteiger partial charge is 0.230 e. The van der Waals surface area contributed by atoms with Gasteiger partial charge in [0, 0.05) is 54.3 Å². The molecular weight excluding hydrogens is 652 g/mol. The van der Waals surface area contributed by atoms with Crippen molar-refractivity contribution >= 4 is 51.0 Å². The maximum absolute atomic E-state index is 13.2. The van der Waals surface area contributed by atoms with Crippen LogP contribution in [-0.4, -0.2) is 64.0 Å². The zero-order valence-corrected chi connectivity index (χ0v) is 29.1. The highest BCUT2D eigenvalue weighted by molar-refractivity contribution is 5.93. The summed E-state index contributed by atoms with van der Waals surface area (Å²) in [5.41, 5.74) is 11.8. The largest absolute Gasteiger partial charge is 0.399 e. The lowest BCUT2D eigenvalue weighted by atomic mass is 9.97. The second kappa shape index (κ2) is 18.1. The zero-order chi connectivity index (χ0) is 36.3. The molecular formula is C42H46N6O4. The molecule has 2 atom stereocenters. The first-order valence-electron chi connectivity index (χ1n) is 16.9. The van der Waals surface area contributed by atoms with Crippen molar-refractivity contribution in [2.45, 2.75) is 59.4 Å². The molecule has 2 aromatic heterocycles. The number of aromatic amines is 2. The first-order valence-corrected chi connectivity index (χ1v) is 16.9. The van der Waals surface area contributed by atoms with Crippen LogP contribution in [0.5, 0.6) is 0 Å². The molecule has 268 valence electrons. The van der Waals surface area contributed by atoms with Crippen LogP contribution < -0.4 is 16.4 Å². The van der Waals surface area contributed by atoms with E-state index in [0.29, 0.717) is 32.5 Å². The summed E-state index contributed by atoms with van der Waals surface area (Å²) in [6.45, 7) is 6.11. The van der Waals surface area contributed by atoms with Crippen LogP contribution in [0.4, 0.5) is 5.69 Å². The molecule has 1 aliphatic heterocycles. The molecule has 10 nitrogen and oxygen atoms in total. The Morgan fingerprint density at radius 2 is 1.40 bits per heavy atom. The van der Waals surface area contributed by atoms with Crippen LogP contribution in [0.15, 0.2) is 78.9 Å². The molecule has 3 amide bonds. The number of nitrogens with two attached hydrogens (primary N) is 1. The normalized spacial score (nSPS) is 13.7. The lowest BCUT2D eigenvalue weighted by Crippen LogP contribution is -2.43. The molecule has 0 unspecified atom stereocenters. The Kier molecular flexibility index (Phi) is 13.4. The number of Topliss-reactive ketones (excluding diaryl/α,β-unsaturated/α-hetero) is 1. The number of nitrogen functional groups attached to an aromatic ring is 1.